The third-order valence-electron chi connectivity index (χ3n) is 2.14. The van der Waals surface area contributed by atoms with Crippen LogP contribution in [-0.2, 0) is 9.59 Å². The fourth-order valence-electron chi connectivity index (χ4n) is 0.641. The summed E-state index contributed by atoms with van der Waals surface area (Å²) in [5.74, 6) is -0.0737. The first-order chi connectivity index (χ1) is 5.40. The molecule has 1 amide bonds. The van der Waals surface area contributed by atoms with Crippen molar-refractivity contribution >= 4 is 11.7 Å². The lowest BCUT2D eigenvalue weighted by atomic mass is 9.85. The Bertz CT molecular complexity index is 185. The molecule has 0 aromatic carbocycles. The summed E-state index contributed by atoms with van der Waals surface area (Å²) in [6, 6.07) is 0. The normalized spacial score (nSPS) is 11.0. The van der Waals surface area contributed by atoms with Gasteiger partial charge in [-0.1, -0.05) is 20.8 Å². The monoisotopic (exact) mass is 171 g/mol. The zero-order chi connectivity index (χ0) is 9.78. The van der Waals surface area contributed by atoms with Crippen LogP contribution in [0, 0.1) is 5.41 Å². The van der Waals surface area contributed by atoms with Gasteiger partial charge in [-0.05, 0) is 6.42 Å². The zero-order valence-electron chi connectivity index (χ0n) is 8.23. The van der Waals surface area contributed by atoms with E-state index in [0.29, 0.717) is 0 Å². The molecule has 0 saturated carbocycles. The highest BCUT2D eigenvalue weighted by molar-refractivity contribution is 5.89. The maximum absolute atomic E-state index is 11.4. The largest absolute Gasteiger partial charge is 0.349 e. The van der Waals surface area contributed by atoms with Gasteiger partial charge in [0.2, 0.25) is 5.91 Å². The quantitative estimate of drug-likeness (QED) is 0.689. The standard InChI is InChI=1S/C9H17NO2/c1-5-9(3,4)8(12)6-10-7(2)11/h5-6H2,1-4H3,(H,10,11). The van der Waals surface area contributed by atoms with Crippen LogP contribution >= 0.6 is 0 Å². The first kappa shape index (κ1) is 11.1. The fourth-order valence-corrected chi connectivity index (χ4v) is 0.641. The van der Waals surface area contributed by atoms with Crippen molar-refractivity contribution in [2.45, 2.75) is 34.1 Å². The molecule has 0 spiro atoms. The Morgan fingerprint density at radius 3 is 2.17 bits per heavy atom. The number of amides is 1. The first-order valence-corrected chi connectivity index (χ1v) is 4.18. The van der Waals surface area contributed by atoms with Crippen molar-refractivity contribution in [3.63, 3.8) is 0 Å². The topological polar surface area (TPSA) is 46.2 Å². The molecule has 0 aromatic rings. The second-order valence-corrected chi connectivity index (χ2v) is 3.57. The van der Waals surface area contributed by atoms with Crippen LogP contribution in [0.25, 0.3) is 0 Å². The van der Waals surface area contributed by atoms with E-state index in [1.165, 1.54) is 6.92 Å². The Labute approximate surface area is 73.5 Å². The molecule has 0 fully saturated rings. The summed E-state index contributed by atoms with van der Waals surface area (Å²) in [6.45, 7) is 7.29. The number of carbonyl (C=O) groups is 2. The summed E-state index contributed by atoms with van der Waals surface area (Å²) in [5, 5.41) is 2.50. The predicted molar refractivity (Wildman–Crippen MR) is 47.8 cm³/mol. The molecule has 12 heavy (non-hydrogen) atoms. The lowest BCUT2D eigenvalue weighted by Gasteiger charge is -2.20. The number of hydrogen-bond donors (Lipinski definition) is 1. The van der Waals surface area contributed by atoms with Crippen molar-refractivity contribution in [3.05, 3.63) is 0 Å². The minimum absolute atomic E-state index is 0.0835. The van der Waals surface area contributed by atoms with Crippen LogP contribution in [-0.4, -0.2) is 18.2 Å². The van der Waals surface area contributed by atoms with E-state index in [-0.39, 0.29) is 23.7 Å². The number of carbonyl (C=O) groups excluding carboxylic acids is 2. The van der Waals surface area contributed by atoms with E-state index in [2.05, 4.69) is 5.32 Å². The van der Waals surface area contributed by atoms with Gasteiger partial charge >= 0.3 is 0 Å². The van der Waals surface area contributed by atoms with Crippen molar-refractivity contribution in [3.8, 4) is 0 Å². The van der Waals surface area contributed by atoms with E-state index in [9.17, 15) is 9.59 Å². The molecule has 70 valence electrons. The van der Waals surface area contributed by atoms with Crippen LogP contribution in [0.15, 0.2) is 0 Å². The van der Waals surface area contributed by atoms with Crippen LogP contribution in [0.1, 0.15) is 34.1 Å². The molecule has 0 saturated heterocycles. The van der Waals surface area contributed by atoms with Gasteiger partial charge in [-0.3, -0.25) is 9.59 Å². The fraction of sp³-hybridized carbons (Fsp3) is 0.778. The molecule has 3 nitrogen and oxygen atoms in total. The van der Waals surface area contributed by atoms with Gasteiger partial charge in [0.25, 0.3) is 0 Å². The molecule has 0 heterocycles. The molecular weight excluding hydrogens is 154 g/mol. The highest BCUT2D eigenvalue weighted by atomic mass is 16.2. The van der Waals surface area contributed by atoms with Gasteiger partial charge in [-0.2, -0.15) is 0 Å². The van der Waals surface area contributed by atoms with Crippen molar-refractivity contribution in [1.82, 2.24) is 5.32 Å². The molecule has 0 aliphatic heterocycles. The highest BCUT2D eigenvalue weighted by Crippen LogP contribution is 2.20. The molecule has 1 N–H and O–H groups in total. The van der Waals surface area contributed by atoms with Gasteiger partial charge in [-0.25, -0.2) is 0 Å². The van der Waals surface area contributed by atoms with Crippen LogP contribution in [0.2, 0.25) is 0 Å². The Morgan fingerprint density at radius 1 is 1.33 bits per heavy atom. The molecule has 0 radical (unpaired) electrons. The summed E-state index contributed by atoms with van der Waals surface area (Å²) in [7, 11) is 0. The average molecular weight is 171 g/mol. The molecular formula is C9H17NO2. The molecule has 0 rings (SSSR count). The van der Waals surface area contributed by atoms with Gasteiger partial charge in [0.15, 0.2) is 5.78 Å². The van der Waals surface area contributed by atoms with E-state index >= 15 is 0 Å². The van der Waals surface area contributed by atoms with Crippen LogP contribution < -0.4 is 5.32 Å². The van der Waals surface area contributed by atoms with Gasteiger partial charge in [0, 0.05) is 12.3 Å². The Kier molecular flexibility index (Phi) is 3.93. The average Bonchev–Trinajstić information content (AvgIpc) is 2.00. The second kappa shape index (κ2) is 4.24. The van der Waals surface area contributed by atoms with Crippen LogP contribution in [0.4, 0.5) is 0 Å². The molecule has 0 aromatic heterocycles. The first-order valence-electron chi connectivity index (χ1n) is 4.18. The molecule has 0 aliphatic rings. The van der Waals surface area contributed by atoms with Crippen molar-refractivity contribution in [2.75, 3.05) is 6.54 Å². The summed E-state index contributed by atoms with van der Waals surface area (Å²) < 4.78 is 0. The second-order valence-electron chi connectivity index (χ2n) is 3.57. The smallest absolute Gasteiger partial charge is 0.217 e. The Balaban J connectivity index is 3.96. The minimum Gasteiger partial charge on any atom is -0.349 e. The van der Waals surface area contributed by atoms with Crippen LogP contribution in [0.5, 0.6) is 0 Å². The van der Waals surface area contributed by atoms with Gasteiger partial charge in [0.05, 0.1) is 6.54 Å². The lowest BCUT2D eigenvalue weighted by Crippen LogP contribution is -2.35. The van der Waals surface area contributed by atoms with E-state index in [1.807, 2.05) is 20.8 Å². The summed E-state index contributed by atoms with van der Waals surface area (Å²) in [5.41, 5.74) is -0.317. The minimum atomic E-state index is -0.317. The van der Waals surface area contributed by atoms with Gasteiger partial charge in [-0.15, -0.1) is 0 Å². The van der Waals surface area contributed by atoms with E-state index in [4.69, 9.17) is 0 Å². The van der Waals surface area contributed by atoms with Crippen molar-refractivity contribution in [2.24, 2.45) is 5.41 Å². The molecule has 0 unspecified atom stereocenters. The Morgan fingerprint density at radius 2 is 1.83 bits per heavy atom. The molecule has 0 atom stereocenters. The summed E-state index contributed by atoms with van der Waals surface area (Å²) >= 11 is 0. The maximum Gasteiger partial charge on any atom is 0.217 e. The number of Topliss-reactive ketones (excluding diaryl/α,β-unsaturated/α-hetero) is 1. The predicted octanol–water partition coefficient (Wildman–Crippen LogP) is 1.13. The molecule has 3 heteroatoms. The molecule has 0 aliphatic carbocycles. The highest BCUT2D eigenvalue weighted by Gasteiger charge is 2.24. The summed E-state index contributed by atoms with van der Waals surface area (Å²) in [6.07, 6.45) is 0.797. The maximum atomic E-state index is 11.4. The number of nitrogens with one attached hydrogen (secondary N) is 1. The molecule has 0 bridgehead atoms. The van der Waals surface area contributed by atoms with Gasteiger partial charge in [0.1, 0.15) is 0 Å². The summed E-state index contributed by atoms with van der Waals surface area (Å²) in [4.78, 5) is 21.9. The Hall–Kier alpha value is -0.860. The zero-order valence-corrected chi connectivity index (χ0v) is 8.23. The third-order valence-corrected chi connectivity index (χ3v) is 2.14. The van der Waals surface area contributed by atoms with E-state index < -0.39 is 0 Å². The van der Waals surface area contributed by atoms with E-state index in [0.717, 1.165) is 6.42 Å². The van der Waals surface area contributed by atoms with Crippen molar-refractivity contribution in [1.29, 1.82) is 0 Å². The van der Waals surface area contributed by atoms with Crippen molar-refractivity contribution < 1.29 is 9.59 Å². The lowest BCUT2D eigenvalue weighted by molar-refractivity contribution is -0.129. The van der Waals surface area contributed by atoms with Crippen LogP contribution in [0.3, 0.4) is 0 Å². The number of rotatable bonds is 4. The number of hydrogen-bond acceptors (Lipinski definition) is 2. The third kappa shape index (κ3) is 3.51. The van der Waals surface area contributed by atoms with E-state index in [1.54, 1.807) is 0 Å². The van der Waals surface area contributed by atoms with Gasteiger partial charge < -0.3 is 5.32 Å². The number of ketones is 1. The SMILES string of the molecule is CCC(C)(C)C(=O)CNC(C)=O.